The SMILES string of the molecule is CCc1ccc(C2C(N)CCC(=O)N2C2CC2)s1. The lowest BCUT2D eigenvalue weighted by molar-refractivity contribution is -0.138. The van der Waals surface area contributed by atoms with Crippen molar-refractivity contribution in [3.63, 3.8) is 0 Å². The first-order chi connectivity index (χ1) is 8.70. The van der Waals surface area contributed by atoms with Crippen molar-refractivity contribution >= 4 is 17.2 Å². The summed E-state index contributed by atoms with van der Waals surface area (Å²) < 4.78 is 0. The molecular formula is C14H20N2OS. The predicted molar refractivity (Wildman–Crippen MR) is 73.5 cm³/mol. The van der Waals surface area contributed by atoms with Gasteiger partial charge in [-0.3, -0.25) is 4.79 Å². The fourth-order valence-electron chi connectivity index (χ4n) is 2.81. The Morgan fingerprint density at radius 3 is 2.78 bits per heavy atom. The lowest BCUT2D eigenvalue weighted by atomic mass is 9.95. The quantitative estimate of drug-likeness (QED) is 0.911. The van der Waals surface area contributed by atoms with Crippen molar-refractivity contribution in [1.82, 2.24) is 4.90 Å². The van der Waals surface area contributed by atoms with E-state index in [-0.39, 0.29) is 12.1 Å². The van der Waals surface area contributed by atoms with E-state index < -0.39 is 0 Å². The van der Waals surface area contributed by atoms with E-state index in [0.29, 0.717) is 18.4 Å². The molecule has 98 valence electrons. The van der Waals surface area contributed by atoms with Gasteiger partial charge >= 0.3 is 0 Å². The van der Waals surface area contributed by atoms with Crippen LogP contribution in [0.25, 0.3) is 0 Å². The fourth-order valence-corrected chi connectivity index (χ4v) is 3.94. The van der Waals surface area contributed by atoms with Gasteiger partial charge in [-0.2, -0.15) is 0 Å². The number of nitrogens with two attached hydrogens (primary N) is 1. The molecule has 1 aliphatic heterocycles. The highest BCUT2D eigenvalue weighted by molar-refractivity contribution is 7.12. The Bertz CT molecular complexity index is 452. The maximum Gasteiger partial charge on any atom is 0.223 e. The summed E-state index contributed by atoms with van der Waals surface area (Å²) in [4.78, 5) is 16.9. The van der Waals surface area contributed by atoms with Crippen molar-refractivity contribution in [2.75, 3.05) is 0 Å². The fraction of sp³-hybridized carbons (Fsp3) is 0.643. The van der Waals surface area contributed by atoms with E-state index in [1.54, 1.807) is 0 Å². The summed E-state index contributed by atoms with van der Waals surface area (Å²) in [7, 11) is 0. The van der Waals surface area contributed by atoms with Crippen LogP contribution in [0.15, 0.2) is 12.1 Å². The third kappa shape index (κ3) is 2.08. The lowest BCUT2D eigenvalue weighted by Crippen LogP contribution is -2.49. The summed E-state index contributed by atoms with van der Waals surface area (Å²) in [6.45, 7) is 2.17. The van der Waals surface area contributed by atoms with Crippen LogP contribution < -0.4 is 5.73 Å². The van der Waals surface area contributed by atoms with Crippen LogP contribution in [0.5, 0.6) is 0 Å². The van der Waals surface area contributed by atoms with E-state index in [2.05, 4.69) is 24.0 Å². The van der Waals surface area contributed by atoms with Crippen LogP contribution in [-0.4, -0.2) is 22.9 Å². The highest BCUT2D eigenvalue weighted by Gasteiger charge is 2.43. The number of nitrogens with zero attached hydrogens (tertiary/aromatic N) is 1. The minimum absolute atomic E-state index is 0.103. The largest absolute Gasteiger partial charge is 0.330 e. The first kappa shape index (κ1) is 12.2. The Labute approximate surface area is 112 Å². The second-order valence-corrected chi connectivity index (χ2v) is 6.54. The van der Waals surface area contributed by atoms with Gasteiger partial charge in [-0.15, -0.1) is 11.3 Å². The molecule has 2 atom stereocenters. The molecule has 1 aliphatic carbocycles. The predicted octanol–water partition coefficient (Wildman–Crippen LogP) is 2.46. The van der Waals surface area contributed by atoms with Gasteiger partial charge in [0.1, 0.15) is 0 Å². The minimum Gasteiger partial charge on any atom is -0.330 e. The van der Waals surface area contributed by atoms with E-state index in [4.69, 9.17) is 5.73 Å². The van der Waals surface area contributed by atoms with Crippen LogP contribution in [0, 0.1) is 0 Å². The van der Waals surface area contributed by atoms with Crippen LogP contribution in [0.3, 0.4) is 0 Å². The summed E-state index contributed by atoms with van der Waals surface area (Å²) in [5.41, 5.74) is 6.29. The zero-order valence-electron chi connectivity index (χ0n) is 10.8. The number of likely N-dealkylation sites (tertiary alicyclic amines) is 1. The van der Waals surface area contributed by atoms with E-state index in [0.717, 1.165) is 25.7 Å². The maximum absolute atomic E-state index is 12.2. The van der Waals surface area contributed by atoms with Crippen LogP contribution in [-0.2, 0) is 11.2 Å². The average molecular weight is 264 g/mol. The number of carbonyl (C=O) groups excluding carboxylic acids is 1. The Balaban J connectivity index is 1.91. The molecule has 0 bridgehead atoms. The summed E-state index contributed by atoms with van der Waals surface area (Å²) in [6.07, 6.45) is 4.82. The third-order valence-electron chi connectivity index (χ3n) is 3.95. The molecule has 2 N–H and O–H groups in total. The van der Waals surface area contributed by atoms with Gasteiger partial charge in [0.25, 0.3) is 0 Å². The molecule has 0 radical (unpaired) electrons. The van der Waals surface area contributed by atoms with Crippen LogP contribution in [0.2, 0.25) is 0 Å². The van der Waals surface area contributed by atoms with Crippen molar-refractivity contribution in [2.24, 2.45) is 5.73 Å². The normalized spacial score (nSPS) is 28.8. The molecule has 1 saturated carbocycles. The molecule has 0 spiro atoms. The van der Waals surface area contributed by atoms with Crippen molar-refractivity contribution in [3.8, 4) is 0 Å². The van der Waals surface area contributed by atoms with Crippen LogP contribution >= 0.6 is 11.3 Å². The summed E-state index contributed by atoms with van der Waals surface area (Å²) >= 11 is 1.82. The van der Waals surface area contributed by atoms with Gasteiger partial charge in [0.15, 0.2) is 0 Å². The van der Waals surface area contributed by atoms with Gasteiger partial charge in [-0.1, -0.05) is 6.92 Å². The van der Waals surface area contributed by atoms with Crippen LogP contribution in [0.1, 0.15) is 48.4 Å². The number of piperidine rings is 1. The highest BCUT2D eigenvalue weighted by atomic mass is 32.1. The first-order valence-corrected chi connectivity index (χ1v) is 7.67. The number of aryl methyl sites for hydroxylation is 1. The smallest absolute Gasteiger partial charge is 0.223 e. The van der Waals surface area contributed by atoms with Gasteiger partial charge in [0.05, 0.1) is 6.04 Å². The molecule has 2 heterocycles. The van der Waals surface area contributed by atoms with E-state index in [9.17, 15) is 4.79 Å². The number of hydrogen-bond acceptors (Lipinski definition) is 3. The molecule has 2 fully saturated rings. The molecule has 4 heteroatoms. The molecule has 2 aliphatic rings. The molecule has 1 aromatic heterocycles. The maximum atomic E-state index is 12.2. The second-order valence-electron chi connectivity index (χ2n) is 5.34. The van der Waals surface area contributed by atoms with Crippen molar-refractivity contribution in [1.29, 1.82) is 0 Å². The molecule has 0 aromatic carbocycles. The second kappa shape index (κ2) is 4.67. The minimum atomic E-state index is 0.103. The average Bonchev–Trinajstić information content (AvgIpc) is 3.09. The van der Waals surface area contributed by atoms with E-state index in [1.165, 1.54) is 9.75 Å². The van der Waals surface area contributed by atoms with Crippen molar-refractivity contribution in [3.05, 3.63) is 21.9 Å². The lowest BCUT2D eigenvalue weighted by Gasteiger charge is -2.39. The van der Waals surface area contributed by atoms with Gasteiger partial charge in [-0.25, -0.2) is 0 Å². The molecule has 1 saturated heterocycles. The Morgan fingerprint density at radius 1 is 1.39 bits per heavy atom. The van der Waals surface area contributed by atoms with Crippen molar-refractivity contribution in [2.45, 2.75) is 57.2 Å². The third-order valence-corrected chi connectivity index (χ3v) is 5.25. The Kier molecular flexibility index (Phi) is 3.16. The number of hydrogen-bond donors (Lipinski definition) is 1. The number of carbonyl (C=O) groups is 1. The molecule has 1 amide bonds. The topological polar surface area (TPSA) is 46.3 Å². The van der Waals surface area contributed by atoms with Gasteiger partial charge in [0.2, 0.25) is 5.91 Å². The van der Waals surface area contributed by atoms with E-state index in [1.807, 2.05) is 11.3 Å². The highest BCUT2D eigenvalue weighted by Crippen LogP contribution is 2.41. The zero-order valence-corrected chi connectivity index (χ0v) is 11.6. The molecule has 3 rings (SSSR count). The number of amides is 1. The van der Waals surface area contributed by atoms with Gasteiger partial charge in [0, 0.05) is 28.3 Å². The Hall–Kier alpha value is -0.870. The zero-order chi connectivity index (χ0) is 12.7. The van der Waals surface area contributed by atoms with Crippen LogP contribution in [0.4, 0.5) is 0 Å². The molecular weight excluding hydrogens is 244 g/mol. The molecule has 1 aromatic rings. The Morgan fingerprint density at radius 2 is 2.17 bits per heavy atom. The standard InChI is InChI=1S/C14H20N2OS/c1-2-10-5-7-12(18-10)14-11(15)6-8-13(17)16(14)9-3-4-9/h5,7,9,11,14H,2-4,6,8,15H2,1H3. The monoisotopic (exact) mass is 264 g/mol. The van der Waals surface area contributed by atoms with Gasteiger partial charge < -0.3 is 10.6 Å². The van der Waals surface area contributed by atoms with E-state index >= 15 is 0 Å². The number of rotatable bonds is 3. The summed E-state index contributed by atoms with van der Waals surface area (Å²) in [5, 5.41) is 0. The summed E-state index contributed by atoms with van der Waals surface area (Å²) in [6, 6.07) is 5.04. The van der Waals surface area contributed by atoms with Gasteiger partial charge in [-0.05, 0) is 37.8 Å². The molecule has 18 heavy (non-hydrogen) atoms. The number of thiophene rings is 1. The molecule has 3 nitrogen and oxygen atoms in total. The van der Waals surface area contributed by atoms with Crippen molar-refractivity contribution < 1.29 is 4.79 Å². The molecule has 2 unspecified atom stereocenters. The summed E-state index contributed by atoms with van der Waals surface area (Å²) in [5.74, 6) is 0.302. The first-order valence-electron chi connectivity index (χ1n) is 6.86.